The Kier molecular flexibility index (Phi) is 4.60. The van der Waals surface area contributed by atoms with Gasteiger partial charge in [-0.15, -0.1) is 0 Å². The molecule has 1 aromatic rings. The van der Waals surface area contributed by atoms with Gasteiger partial charge in [0, 0.05) is 24.3 Å². The average Bonchev–Trinajstić information content (AvgIpc) is 2.66. The molecule has 1 unspecified atom stereocenters. The lowest BCUT2D eigenvalue weighted by molar-refractivity contribution is 0.0755. The number of likely N-dealkylation sites (tertiary alicyclic amines) is 1. The number of nitrogens with two attached hydrogens (primary N) is 1. The van der Waals surface area contributed by atoms with Crippen LogP contribution >= 0.6 is 0 Å². The highest BCUT2D eigenvalue weighted by atomic mass is 16.2. The Balaban J connectivity index is 2.08. The molecule has 0 saturated carbocycles. The monoisotopic (exact) mass is 288 g/mol. The van der Waals surface area contributed by atoms with Gasteiger partial charge in [0.15, 0.2) is 0 Å². The number of rotatable bonds is 1. The fourth-order valence-electron chi connectivity index (χ4n) is 3.16. The van der Waals surface area contributed by atoms with Crippen LogP contribution in [-0.2, 0) is 0 Å². The molecule has 1 aliphatic heterocycles. The molecule has 3 nitrogen and oxygen atoms in total. The van der Waals surface area contributed by atoms with E-state index in [0.29, 0.717) is 11.3 Å². The summed E-state index contributed by atoms with van der Waals surface area (Å²) in [5.74, 6) is 0.844. The minimum absolute atomic E-state index is 0.146. The number of hydrogen-bond acceptors (Lipinski definition) is 2. The standard InChI is InChI=1S/C18H28N2O/c1-13-12-14(7-8-16(13)19)17(21)20-10-5-6-15(9-11-20)18(2,3)4/h7-8,12,15H,5-6,9-11,19H2,1-4H3. The number of carbonyl (C=O) groups excluding carboxylic acids is 1. The third-order valence-corrected chi connectivity index (χ3v) is 4.76. The van der Waals surface area contributed by atoms with Crippen LogP contribution in [0.2, 0.25) is 0 Å². The third-order valence-electron chi connectivity index (χ3n) is 4.76. The van der Waals surface area contributed by atoms with Crippen LogP contribution in [0.3, 0.4) is 0 Å². The van der Waals surface area contributed by atoms with Gasteiger partial charge in [0.05, 0.1) is 0 Å². The van der Waals surface area contributed by atoms with E-state index in [1.54, 1.807) is 0 Å². The Hall–Kier alpha value is -1.51. The van der Waals surface area contributed by atoms with Crippen molar-refractivity contribution in [1.29, 1.82) is 0 Å². The van der Waals surface area contributed by atoms with Gasteiger partial charge in [-0.2, -0.15) is 0 Å². The van der Waals surface area contributed by atoms with Crippen molar-refractivity contribution in [3.8, 4) is 0 Å². The molecule has 116 valence electrons. The van der Waals surface area contributed by atoms with E-state index in [9.17, 15) is 4.79 Å². The number of carbonyl (C=O) groups is 1. The highest BCUT2D eigenvalue weighted by Crippen LogP contribution is 2.34. The second kappa shape index (κ2) is 6.08. The summed E-state index contributed by atoms with van der Waals surface area (Å²) in [7, 11) is 0. The third kappa shape index (κ3) is 3.78. The van der Waals surface area contributed by atoms with E-state index in [0.717, 1.165) is 42.7 Å². The summed E-state index contributed by atoms with van der Waals surface area (Å²) in [6.07, 6.45) is 3.42. The highest BCUT2D eigenvalue weighted by Gasteiger charge is 2.28. The van der Waals surface area contributed by atoms with E-state index in [-0.39, 0.29) is 5.91 Å². The van der Waals surface area contributed by atoms with Gasteiger partial charge in [-0.25, -0.2) is 0 Å². The molecule has 1 saturated heterocycles. The maximum atomic E-state index is 12.7. The summed E-state index contributed by atoms with van der Waals surface area (Å²) in [4.78, 5) is 14.7. The van der Waals surface area contributed by atoms with Gasteiger partial charge in [-0.3, -0.25) is 4.79 Å². The lowest BCUT2D eigenvalue weighted by Gasteiger charge is -2.29. The Labute approximate surface area is 128 Å². The largest absolute Gasteiger partial charge is 0.399 e. The van der Waals surface area contributed by atoms with Gasteiger partial charge in [0.25, 0.3) is 5.91 Å². The van der Waals surface area contributed by atoms with Crippen LogP contribution in [0.5, 0.6) is 0 Å². The number of anilines is 1. The normalized spacial score (nSPS) is 20.2. The molecular weight excluding hydrogens is 260 g/mol. The van der Waals surface area contributed by atoms with E-state index in [1.807, 2.05) is 30.0 Å². The lowest BCUT2D eigenvalue weighted by Crippen LogP contribution is -2.32. The van der Waals surface area contributed by atoms with E-state index in [1.165, 1.54) is 6.42 Å². The van der Waals surface area contributed by atoms with Crippen molar-refractivity contribution in [1.82, 2.24) is 4.90 Å². The van der Waals surface area contributed by atoms with Crippen molar-refractivity contribution in [2.24, 2.45) is 11.3 Å². The molecule has 1 amide bonds. The van der Waals surface area contributed by atoms with Crippen molar-refractivity contribution in [2.75, 3.05) is 18.8 Å². The van der Waals surface area contributed by atoms with Crippen molar-refractivity contribution >= 4 is 11.6 Å². The Morgan fingerprint density at radius 1 is 1.24 bits per heavy atom. The molecule has 0 aromatic heterocycles. The molecule has 1 aromatic carbocycles. The predicted molar refractivity (Wildman–Crippen MR) is 88.3 cm³/mol. The topological polar surface area (TPSA) is 46.3 Å². The van der Waals surface area contributed by atoms with E-state index in [4.69, 9.17) is 5.73 Å². The summed E-state index contributed by atoms with van der Waals surface area (Å²) in [6, 6.07) is 5.58. The van der Waals surface area contributed by atoms with Gasteiger partial charge in [-0.1, -0.05) is 20.8 Å². The second-order valence-corrected chi connectivity index (χ2v) is 7.36. The summed E-state index contributed by atoms with van der Waals surface area (Å²) in [5, 5.41) is 0. The molecule has 21 heavy (non-hydrogen) atoms. The maximum Gasteiger partial charge on any atom is 0.253 e. The molecule has 0 spiro atoms. The summed E-state index contributed by atoms with van der Waals surface area (Å²) in [6.45, 7) is 10.6. The molecule has 0 bridgehead atoms. The van der Waals surface area contributed by atoms with E-state index >= 15 is 0 Å². The molecule has 0 aliphatic carbocycles. The van der Waals surface area contributed by atoms with Crippen LogP contribution in [0, 0.1) is 18.3 Å². The first-order chi connectivity index (χ1) is 9.79. The van der Waals surface area contributed by atoms with Crippen LogP contribution in [0.1, 0.15) is 56.0 Å². The molecule has 0 radical (unpaired) electrons. The fourth-order valence-corrected chi connectivity index (χ4v) is 3.16. The first kappa shape index (κ1) is 15.9. The molecule has 3 heteroatoms. The van der Waals surface area contributed by atoms with Crippen molar-refractivity contribution in [2.45, 2.75) is 47.0 Å². The number of nitrogen functional groups attached to an aromatic ring is 1. The quantitative estimate of drug-likeness (QED) is 0.797. The zero-order valence-corrected chi connectivity index (χ0v) is 13.8. The molecule has 1 heterocycles. The molecule has 1 aliphatic rings. The minimum Gasteiger partial charge on any atom is -0.399 e. The van der Waals surface area contributed by atoms with Crippen LogP contribution < -0.4 is 5.73 Å². The minimum atomic E-state index is 0.146. The van der Waals surface area contributed by atoms with Crippen molar-refractivity contribution in [3.05, 3.63) is 29.3 Å². The van der Waals surface area contributed by atoms with E-state index in [2.05, 4.69) is 20.8 Å². The van der Waals surface area contributed by atoms with Gasteiger partial charge in [0.1, 0.15) is 0 Å². The smallest absolute Gasteiger partial charge is 0.253 e. The maximum absolute atomic E-state index is 12.7. The number of benzene rings is 1. The Morgan fingerprint density at radius 3 is 2.57 bits per heavy atom. The first-order valence-corrected chi connectivity index (χ1v) is 7.94. The molecule has 1 atom stereocenters. The first-order valence-electron chi connectivity index (χ1n) is 7.94. The number of hydrogen-bond donors (Lipinski definition) is 1. The SMILES string of the molecule is Cc1cc(C(=O)N2CCCC(C(C)(C)C)CC2)ccc1N. The zero-order valence-electron chi connectivity index (χ0n) is 13.8. The van der Waals surface area contributed by atoms with Crippen molar-refractivity contribution in [3.63, 3.8) is 0 Å². The Bertz CT molecular complexity index is 516. The highest BCUT2D eigenvalue weighted by molar-refractivity contribution is 5.94. The van der Waals surface area contributed by atoms with Gasteiger partial charge in [-0.05, 0) is 61.3 Å². The van der Waals surface area contributed by atoms with Crippen LogP contribution in [-0.4, -0.2) is 23.9 Å². The summed E-state index contributed by atoms with van der Waals surface area (Å²) in [5.41, 5.74) is 8.64. The zero-order chi connectivity index (χ0) is 15.6. The number of amides is 1. The molecule has 2 rings (SSSR count). The number of aryl methyl sites for hydroxylation is 1. The van der Waals surface area contributed by atoms with Crippen LogP contribution in [0.15, 0.2) is 18.2 Å². The van der Waals surface area contributed by atoms with E-state index < -0.39 is 0 Å². The number of nitrogens with zero attached hydrogens (tertiary/aromatic N) is 1. The van der Waals surface area contributed by atoms with Crippen LogP contribution in [0.4, 0.5) is 5.69 Å². The van der Waals surface area contributed by atoms with Crippen molar-refractivity contribution < 1.29 is 4.79 Å². The second-order valence-electron chi connectivity index (χ2n) is 7.36. The fraction of sp³-hybridized carbons (Fsp3) is 0.611. The Morgan fingerprint density at radius 2 is 1.95 bits per heavy atom. The van der Waals surface area contributed by atoms with Gasteiger partial charge >= 0.3 is 0 Å². The molecule has 1 fully saturated rings. The van der Waals surface area contributed by atoms with Gasteiger partial charge < -0.3 is 10.6 Å². The predicted octanol–water partition coefficient (Wildman–Crippen LogP) is 3.87. The van der Waals surface area contributed by atoms with Gasteiger partial charge in [0.2, 0.25) is 0 Å². The average molecular weight is 288 g/mol. The molecule has 2 N–H and O–H groups in total. The summed E-state index contributed by atoms with van der Waals surface area (Å²) < 4.78 is 0. The van der Waals surface area contributed by atoms with Crippen LogP contribution in [0.25, 0.3) is 0 Å². The summed E-state index contributed by atoms with van der Waals surface area (Å²) >= 11 is 0. The molecular formula is C18H28N2O. The lowest BCUT2D eigenvalue weighted by atomic mass is 9.77.